The number of rotatable bonds is 5. The summed E-state index contributed by atoms with van der Waals surface area (Å²) in [6.45, 7) is 3.42. The van der Waals surface area contributed by atoms with Crippen molar-refractivity contribution < 1.29 is 29.3 Å². The van der Waals surface area contributed by atoms with E-state index in [1.807, 2.05) is 12.1 Å². The predicted molar refractivity (Wildman–Crippen MR) is 138 cm³/mol. The molecule has 1 saturated carbocycles. The third-order valence-electron chi connectivity index (χ3n) is 8.12. The van der Waals surface area contributed by atoms with Crippen molar-refractivity contribution in [3.8, 4) is 11.5 Å². The Hall–Kier alpha value is -3.07. The number of aliphatic hydroxyl groups is 2. The summed E-state index contributed by atoms with van der Waals surface area (Å²) in [7, 11) is 0. The van der Waals surface area contributed by atoms with Crippen LogP contribution in [0, 0.1) is 0 Å². The van der Waals surface area contributed by atoms with Gasteiger partial charge in [0.05, 0.1) is 17.4 Å². The standard InChI is InChI=1S/C29H33NO7/c1-29(2,33)23-13-19-21(36-23)14-22-25(27(19)35-17-5-3-4-6-17)26(32)24-18(11-12-20(31)28(24)37-22)15-7-9-16(30-34)10-8-15/h7-10,14,17-18,20,23,30-31,33-34H,3-6,11-13H2,1-2H3/t18-,20+,23-/m1/s1. The molecule has 8 nitrogen and oxygen atoms in total. The second-order valence-corrected chi connectivity index (χ2v) is 11.1. The third kappa shape index (κ3) is 4.17. The molecule has 0 amide bonds. The van der Waals surface area contributed by atoms with Crippen LogP contribution in [-0.2, 0) is 6.42 Å². The van der Waals surface area contributed by atoms with Crippen LogP contribution in [0.5, 0.6) is 11.5 Å². The molecule has 0 radical (unpaired) electrons. The number of hydrogen-bond acceptors (Lipinski definition) is 8. The van der Waals surface area contributed by atoms with Gasteiger partial charge in [-0.25, -0.2) is 0 Å². The Balaban J connectivity index is 1.56. The van der Waals surface area contributed by atoms with E-state index in [4.69, 9.17) is 13.9 Å². The average molecular weight is 508 g/mol. The van der Waals surface area contributed by atoms with Crippen LogP contribution in [0.4, 0.5) is 5.69 Å². The molecule has 1 aromatic heterocycles. The molecule has 6 rings (SSSR count). The fraction of sp³-hybridized carbons (Fsp3) is 0.483. The van der Waals surface area contributed by atoms with E-state index in [1.54, 1.807) is 32.0 Å². The van der Waals surface area contributed by atoms with Gasteiger partial charge < -0.3 is 24.1 Å². The molecule has 3 aromatic rings. The van der Waals surface area contributed by atoms with Gasteiger partial charge in [0.25, 0.3) is 0 Å². The van der Waals surface area contributed by atoms with Gasteiger partial charge in [0.1, 0.15) is 40.4 Å². The van der Waals surface area contributed by atoms with Crippen LogP contribution >= 0.6 is 0 Å². The quantitative estimate of drug-likeness (QED) is 0.358. The molecule has 0 saturated heterocycles. The molecule has 0 spiro atoms. The fourth-order valence-electron chi connectivity index (χ4n) is 6.04. The van der Waals surface area contributed by atoms with Gasteiger partial charge in [-0.15, -0.1) is 0 Å². The van der Waals surface area contributed by atoms with Crippen LogP contribution in [0.3, 0.4) is 0 Å². The summed E-state index contributed by atoms with van der Waals surface area (Å²) in [4.78, 5) is 14.3. The lowest BCUT2D eigenvalue weighted by atomic mass is 9.79. The highest BCUT2D eigenvalue weighted by atomic mass is 16.5. The van der Waals surface area contributed by atoms with E-state index in [0.29, 0.717) is 53.0 Å². The molecule has 4 N–H and O–H groups in total. The summed E-state index contributed by atoms with van der Waals surface area (Å²) >= 11 is 0. The van der Waals surface area contributed by atoms with Crippen LogP contribution in [0.25, 0.3) is 11.0 Å². The van der Waals surface area contributed by atoms with Gasteiger partial charge >= 0.3 is 0 Å². The summed E-state index contributed by atoms with van der Waals surface area (Å²) in [5.41, 5.74) is 3.86. The summed E-state index contributed by atoms with van der Waals surface area (Å²) in [5.74, 6) is 1.05. The van der Waals surface area contributed by atoms with Crippen molar-refractivity contribution in [1.29, 1.82) is 0 Å². The van der Waals surface area contributed by atoms with Crippen molar-refractivity contribution in [3.05, 3.63) is 63.0 Å². The molecular weight excluding hydrogens is 474 g/mol. The Morgan fingerprint density at radius 3 is 2.49 bits per heavy atom. The Morgan fingerprint density at radius 1 is 1.08 bits per heavy atom. The smallest absolute Gasteiger partial charge is 0.200 e. The number of nitrogens with one attached hydrogen (secondary N) is 1. The van der Waals surface area contributed by atoms with Gasteiger partial charge in [-0.2, -0.15) is 0 Å². The summed E-state index contributed by atoms with van der Waals surface area (Å²) in [5, 5.41) is 31.1. The van der Waals surface area contributed by atoms with E-state index >= 15 is 0 Å². The van der Waals surface area contributed by atoms with Gasteiger partial charge in [-0.3, -0.25) is 15.5 Å². The van der Waals surface area contributed by atoms with E-state index in [-0.39, 0.29) is 23.2 Å². The zero-order valence-corrected chi connectivity index (χ0v) is 21.1. The Bertz CT molecular complexity index is 1380. The number of fused-ring (bicyclic) bond motifs is 3. The average Bonchev–Trinajstić information content (AvgIpc) is 3.55. The van der Waals surface area contributed by atoms with Crippen molar-refractivity contribution in [2.45, 2.75) is 88.6 Å². The van der Waals surface area contributed by atoms with Crippen LogP contribution < -0.4 is 20.4 Å². The molecular formula is C29H33NO7. The fourth-order valence-corrected chi connectivity index (χ4v) is 6.04. The van der Waals surface area contributed by atoms with Crippen molar-refractivity contribution in [2.75, 3.05) is 5.48 Å². The minimum Gasteiger partial charge on any atom is -0.489 e. The van der Waals surface area contributed by atoms with Gasteiger partial charge in [-0.05, 0) is 70.1 Å². The first kappa shape index (κ1) is 24.3. The number of anilines is 1. The first-order valence-corrected chi connectivity index (χ1v) is 13.1. The molecule has 2 aliphatic carbocycles. The zero-order chi connectivity index (χ0) is 25.9. The van der Waals surface area contributed by atoms with E-state index in [1.165, 1.54) is 0 Å². The number of hydrogen-bond donors (Lipinski definition) is 4. The lowest BCUT2D eigenvalue weighted by Crippen LogP contribution is -2.39. The Morgan fingerprint density at radius 2 is 1.81 bits per heavy atom. The molecule has 2 aromatic carbocycles. The van der Waals surface area contributed by atoms with Crippen molar-refractivity contribution in [3.63, 3.8) is 0 Å². The summed E-state index contributed by atoms with van der Waals surface area (Å²) in [6.07, 6.45) is 4.11. The molecule has 3 aliphatic rings. The molecule has 2 heterocycles. The molecule has 1 aliphatic heterocycles. The maximum Gasteiger partial charge on any atom is 0.200 e. The molecule has 8 heteroatoms. The van der Waals surface area contributed by atoms with Crippen LogP contribution in [-0.4, -0.2) is 33.2 Å². The minimum atomic E-state index is -1.08. The minimum absolute atomic E-state index is 0.00577. The molecule has 3 atom stereocenters. The Labute approximate surface area is 214 Å². The summed E-state index contributed by atoms with van der Waals surface area (Å²) < 4.78 is 19.0. The van der Waals surface area contributed by atoms with E-state index in [9.17, 15) is 20.2 Å². The maximum atomic E-state index is 14.3. The lowest BCUT2D eigenvalue weighted by molar-refractivity contribution is -0.0229. The number of benzene rings is 2. The van der Waals surface area contributed by atoms with Crippen molar-refractivity contribution in [1.82, 2.24) is 0 Å². The SMILES string of the molecule is CC(C)(O)[C@H]1Cc2c(cc3oc4c(c(=O)c3c2OC2CCCC2)[C@@H](c2ccc(NO)cc2)CC[C@@H]4O)O1. The van der Waals surface area contributed by atoms with Crippen LogP contribution in [0.1, 0.15) is 86.8 Å². The molecule has 37 heavy (non-hydrogen) atoms. The molecule has 0 bridgehead atoms. The predicted octanol–water partition coefficient (Wildman–Crippen LogP) is 4.95. The van der Waals surface area contributed by atoms with E-state index in [0.717, 1.165) is 36.8 Å². The van der Waals surface area contributed by atoms with E-state index < -0.39 is 17.8 Å². The normalized spacial score (nSPS) is 23.5. The number of aliphatic hydroxyl groups excluding tert-OH is 1. The largest absolute Gasteiger partial charge is 0.489 e. The van der Waals surface area contributed by atoms with Crippen LogP contribution in [0.2, 0.25) is 0 Å². The molecule has 1 fully saturated rings. The second-order valence-electron chi connectivity index (χ2n) is 11.1. The van der Waals surface area contributed by atoms with Gasteiger partial charge in [-0.1, -0.05) is 12.1 Å². The highest BCUT2D eigenvalue weighted by Gasteiger charge is 2.40. The maximum absolute atomic E-state index is 14.3. The zero-order valence-electron chi connectivity index (χ0n) is 21.1. The van der Waals surface area contributed by atoms with Crippen LogP contribution in [0.15, 0.2) is 39.5 Å². The highest BCUT2D eigenvalue weighted by molar-refractivity contribution is 5.88. The van der Waals surface area contributed by atoms with Gasteiger partial charge in [0, 0.05) is 29.5 Å². The van der Waals surface area contributed by atoms with Crippen molar-refractivity contribution >= 4 is 16.7 Å². The molecule has 196 valence electrons. The second kappa shape index (κ2) is 9.04. The molecule has 0 unspecified atom stereocenters. The van der Waals surface area contributed by atoms with Crippen molar-refractivity contribution in [2.24, 2.45) is 0 Å². The Kier molecular flexibility index (Phi) is 5.93. The topological polar surface area (TPSA) is 121 Å². The van der Waals surface area contributed by atoms with Gasteiger partial charge in [0.2, 0.25) is 5.43 Å². The first-order valence-electron chi connectivity index (χ1n) is 13.1. The third-order valence-corrected chi connectivity index (χ3v) is 8.12. The number of ether oxygens (including phenoxy) is 2. The summed E-state index contributed by atoms with van der Waals surface area (Å²) in [6, 6.07) is 8.94. The highest BCUT2D eigenvalue weighted by Crippen LogP contribution is 2.47. The van der Waals surface area contributed by atoms with Gasteiger partial charge in [0.15, 0.2) is 0 Å². The first-order chi connectivity index (χ1) is 17.7. The monoisotopic (exact) mass is 507 g/mol. The van der Waals surface area contributed by atoms with E-state index in [2.05, 4.69) is 5.48 Å². The lowest BCUT2D eigenvalue weighted by Gasteiger charge is -2.28.